The summed E-state index contributed by atoms with van der Waals surface area (Å²) >= 11 is 7.51. The standard InChI is InChI=1S/C12H9Cl.C5H7N3.C5H9NOS/c13-12-8-6-11(7-9-12)10-4-2-1-3-5-10;1-6-5-7-3-2-4-8-5;7-5-4-8-3-1-2-6-5/h1-9H;2-4H,1H3,(H,6,7,8);1-4H2,(H,6,7). The lowest BCUT2D eigenvalue weighted by Crippen LogP contribution is -2.23. The molecule has 1 aliphatic heterocycles. The van der Waals surface area contributed by atoms with E-state index in [1.165, 1.54) is 11.1 Å². The highest BCUT2D eigenvalue weighted by Crippen LogP contribution is 2.20. The minimum atomic E-state index is 0.188. The van der Waals surface area contributed by atoms with Crippen LogP contribution in [0.25, 0.3) is 11.1 Å². The maximum Gasteiger partial charge on any atom is 0.229 e. The summed E-state index contributed by atoms with van der Waals surface area (Å²) in [6.07, 6.45) is 4.51. The lowest BCUT2D eigenvalue weighted by molar-refractivity contribution is -0.118. The van der Waals surface area contributed by atoms with E-state index >= 15 is 0 Å². The molecule has 0 atom stereocenters. The van der Waals surface area contributed by atoms with E-state index in [1.807, 2.05) is 42.5 Å². The molecule has 0 spiro atoms. The second kappa shape index (κ2) is 13.6. The van der Waals surface area contributed by atoms with Gasteiger partial charge in [-0.2, -0.15) is 11.8 Å². The summed E-state index contributed by atoms with van der Waals surface area (Å²) in [5.74, 6) is 2.62. The van der Waals surface area contributed by atoms with E-state index in [-0.39, 0.29) is 5.91 Å². The Bertz CT molecular complexity index is 822. The molecule has 1 saturated heterocycles. The number of hydrogen-bond donors (Lipinski definition) is 2. The summed E-state index contributed by atoms with van der Waals surface area (Å²) in [4.78, 5) is 18.3. The third-order valence-corrected chi connectivity index (χ3v) is 5.06. The van der Waals surface area contributed by atoms with E-state index < -0.39 is 0 Å². The number of amides is 1. The second-order valence-electron chi connectivity index (χ2n) is 5.95. The van der Waals surface area contributed by atoms with Crippen molar-refractivity contribution < 1.29 is 4.79 Å². The Hall–Kier alpha value is -2.57. The molecule has 1 aliphatic rings. The van der Waals surface area contributed by atoms with Crippen LogP contribution in [-0.2, 0) is 4.79 Å². The molecule has 2 N–H and O–H groups in total. The number of carbonyl (C=O) groups is 1. The Morgan fingerprint density at radius 1 is 0.966 bits per heavy atom. The van der Waals surface area contributed by atoms with Crippen molar-refractivity contribution in [3.63, 3.8) is 0 Å². The number of nitrogens with one attached hydrogen (secondary N) is 2. The van der Waals surface area contributed by atoms with E-state index in [1.54, 1.807) is 37.3 Å². The lowest BCUT2D eigenvalue weighted by Gasteiger charge is -2.00. The molecule has 4 rings (SSSR count). The molecule has 1 amide bonds. The monoisotopic (exact) mass is 428 g/mol. The summed E-state index contributed by atoms with van der Waals surface area (Å²) in [6, 6.07) is 19.9. The highest BCUT2D eigenvalue weighted by atomic mass is 35.5. The predicted molar refractivity (Wildman–Crippen MR) is 123 cm³/mol. The van der Waals surface area contributed by atoms with E-state index in [0.717, 1.165) is 23.7 Å². The van der Waals surface area contributed by atoms with Crippen molar-refractivity contribution in [3.05, 3.63) is 78.1 Å². The highest BCUT2D eigenvalue weighted by Gasteiger charge is 2.03. The van der Waals surface area contributed by atoms with Crippen LogP contribution in [-0.4, -0.2) is 41.0 Å². The number of carbonyl (C=O) groups excluding carboxylic acids is 1. The molecular formula is C22H25ClN4OS. The van der Waals surface area contributed by atoms with Crippen molar-refractivity contribution in [2.75, 3.05) is 30.4 Å². The topological polar surface area (TPSA) is 66.9 Å². The van der Waals surface area contributed by atoms with Crippen LogP contribution in [0, 0.1) is 0 Å². The number of rotatable bonds is 2. The highest BCUT2D eigenvalue weighted by molar-refractivity contribution is 7.99. The van der Waals surface area contributed by atoms with Gasteiger partial charge in [-0.05, 0) is 41.5 Å². The molecule has 29 heavy (non-hydrogen) atoms. The van der Waals surface area contributed by atoms with Gasteiger partial charge in [0.25, 0.3) is 0 Å². The van der Waals surface area contributed by atoms with Gasteiger partial charge in [0.05, 0.1) is 5.75 Å². The van der Waals surface area contributed by atoms with Gasteiger partial charge in [-0.25, -0.2) is 9.97 Å². The number of anilines is 1. The molecule has 0 unspecified atom stereocenters. The number of hydrogen-bond acceptors (Lipinski definition) is 5. The molecule has 1 fully saturated rings. The third kappa shape index (κ3) is 9.45. The van der Waals surface area contributed by atoms with E-state index in [2.05, 4.69) is 32.7 Å². The van der Waals surface area contributed by atoms with Gasteiger partial charge in [-0.1, -0.05) is 54.1 Å². The molecule has 2 heterocycles. The number of aromatic nitrogens is 2. The van der Waals surface area contributed by atoms with Crippen LogP contribution in [0.2, 0.25) is 5.02 Å². The van der Waals surface area contributed by atoms with Crippen LogP contribution >= 0.6 is 23.4 Å². The summed E-state index contributed by atoms with van der Waals surface area (Å²) in [5.41, 5.74) is 2.42. The van der Waals surface area contributed by atoms with Crippen molar-refractivity contribution in [3.8, 4) is 11.1 Å². The first kappa shape index (κ1) is 22.7. The minimum absolute atomic E-state index is 0.188. The van der Waals surface area contributed by atoms with Crippen LogP contribution < -0.4 is 10.6 Å². The Balaban J connectivity index is 0.000000164. The number of halogens is 1. The minimum Gasteiger partial charge on any atom is -0.357 e. The molecule has 0 radical (unpaired) electrons. The molecule has 1 aromatic heterocycles. The SMILES string of the molecule is CNc1ncccn1.Clc1ccc(-c2ccccc2)cc1.O=C1CSCCCN1. The largest absolute Gasteiger partial charge is 0.357 e. The molecule has 152 valence electrons. The molecule has 2 aromatic carbocycles. The molecular weight excluding hydrogens is 404 g/mol. The fourth-order valence-electron chi connectivity index (χ4n) is 2.32. The first-order valence-corrected chi connectivity index (χ1v) is 10.8. The Labute approximate surface area is 181 Å². The molecule has 0 bridgehead atoms. The molecule has 3 aromatic rings. The normalized spacial score (nSPS) is 12.8. The average molecular weight is 429 g/mol. The summed E-state index contributed by atoms with van der Waals surface area (Å²) in [7, 11) is 1.79. The van der Waals surface area contributed by atoms with Gasteiger partial charge in [0.15, 0.2) is 0 Å². The van der Waals surface area contributed by atoms with Gasteiger partial charge in [-0.15, -0.1) is 0 Å². The zero-order valence-electron chi connectivity index (χ0n) is 16.3. The van der Waals surface area contributed by atoms with Crippen LogP contribution in [0.1, 0.15) is 6.42 Å². The van der Waals surface area contributed by atoms with Crippen molar-refractivity contribution in [1.82, 2.24) is 15.3 Å². The maximum absolute atomic E-state index is 10.6. The average Bonchev–Trinajstić information content (AvgIpc) is 3.04. The van der Waals surface area contributed by atoms with Crippen molar-refractivity contribution >= 4 is 35.2 Å². The Morgan fingerprint density at radius 3 is 2.24 bits per heavy atom. The summed E-state index contributed by atoms with van der Waals surface area (Å²) < 4.78 is 0. The van der Waals surface area contributed by atoms with Crippen molar-refractivity contribution in [2.24, 2.45) is 0 Å². The molecule has 7 heteroatoms. The quantitative estimate of drug-likeness (QED) is 0.615. The Morgan fingerprint density at radius 2 is 1.62 bits per heavy atom. The van der Waals surface area contributed by atoms with Gasteiger partial charge in [0.1, 0.15) is 0 Å². The van der Waals surface area contributed by atoms with Crippen LogP contribution in [0.3, 0.4) is 0 Å². The molecule has 0 saturated carbocycles. The van der Waals surface area contributed by atoms with Gasteiger partial charge >= 0.3 is 0 Å². The predicted octanol–water partition coefficient (Wildman–Crippen LogP) is 4.76. The second-order valence-corrected chi connectivity index (χ2v) is 7.49. The van der Waals surface area contributed by atoms with Crippen LogP contribution in [0.5, 0.6) is 0 Å². The van der Waals surface area contributed by atoms with Gasteiger partial charge in [-0.3, -0.25) is 4.79 Å². The zero-order valence-corrected chi connectivity index (χ0v) is 17.9. The van der Waals surface area contributed by atoms with E-state index in [4.69, 9.17) is 11.6 Å². The van der Waals surface area contributed by atoms with Crippen molar-refractivity contribution in [2.45, 2.75) is 6.42 Å². The third-order valence-electron chi connectivity index (χ3n) is 3.76. The summed E-state index contributed by atoms with van der Waals surface area (Å²) in [6.45, 7) is 0.867. The van der Waals surface area contributed by atoms with Gasteiger partial charge in [0.2, 0.25) is 11.9 Å². The van der Waals surface area contributed by atoms with Crippen LogP contribution in [0.4, 0.5) is 5.95 Å². The van der Waals surface area contributed by atoms with Gasteiger partial charge in [0, 0.05) is 31.0 Å². The first-order chi connectivity index (χ1) is 14.2. The van der Waals surface area contributed by atoms with E-state index in [9.17, 15) is 4.79 Å². The molecule has 5 nitrogen and oxygen atoms in total. The Kier molecular flexibility index (Phi) is 10.6. The fraction of sp³-hybridized carbons (Fsp3) is 0.227. The fourth-order valence-corrected chi connectivity index (χ4v) is 3.23. The van der Waals surface area contributed by atoms with Crippen LogP contribution in [0.15, 0.2) is 73.1 Å². The first-order valence-electron chi connectivity index (χ1n) is 9.29. The molecule has 0 aliphatic carbocycles. The number of benzene rings is 2. The number of nitrogens with zero attached hydrogens (tertiary/aromatic N) is 2. The smallest absolute Gasteiger partial charge is 0.229 e. The van der Waals surface area contributed by atoms with E-state index in [0.29, 0.717) is 11.7 Å². The maximum atomic E-state index is 10.6. The van der Waals surface area contributed by atoms with Crippen molar-refractivity contribution in [1.29, 1.82) is 0 Å². The van der Waals surface area contributed by atoms with Gasteiger partial charge < -0.3 is 10.6 Å². The lowest BCUT2D eigenvalue weighted by atomic mass is 10.1. The zero-order chi connectivity index (χ0) is 20.7. The number of thioether (sulfide) groups is 1. The summed E-state index contributed by atoms with van der Waals surface area (Å²) in [5, 5.41) is 6.37.